The average Bonchev–Trinajstić information content (AvgIpc) is 2.59. The second kappa shape index (κ2) is 7.58. The first kappa shape index (κ1) is 16.7. The Morgan fingerprint density at radius 2 is 1.65 bits per heavy atom. The molecule has 122 valence electrons. The predicted octanol–water partition coefficient (Wildman–Crippen LogP) is 3.17. The van der Waals surface area contributed by atoms with Gasteiger partial charge in [-0.05, 0) is 23.8 Å². The largest absolute Gasteiger partial charge is 0.497 e. The van der Waals surface area contributed by atoms with Gasteiger partial charge in [0.05, 0.1) is 20.3 Å². The van der Waals surface area contributed by atoms with Gasteiger partial charge in [0.2, 0.25) is 0 Å². The molecule has 2 rings (SSSR count). The molecule has 1 atom stereocenters. The number of halogens is 2. The summed E-state index contributed by atoms with van der Waals surface area (Å²) >= 11 is 0. The van der Waals surface area contributed by atoms with E-state index in [1.54, 1.807) is 48.5 Å². The first-order valence-electron chi connectivity index (χ1n) is 6.92. The van der Waals surface area contributed by atoms with Crippen molar-refractivity contribution in [1.29, 1.82) is 0 Å². The first-order valence-corrected chi connectivity index (χ1v) is 6.92. The van der Waals surface area contributed by atoms with Crippen molar-refractivity contribution in [2.45, 2.75) is 12.5 Å². The summed E-state index contributed by atoms with van der Waals surface area (Å²) in [7, 11) is 3.02. The van der Waals surface area contributed by atoms with Crippen LogP contribution in [0, 0.1) is 0 Å². The zero-order valence-electron chi connectivity index (χ0n) is 12.8. The van der Waals surface area contributed by atoms with E-state index in [1.807, 2.05) is 0 Å². The molecule has 1 amide bonds. The van der Waals surface area contributed by atoms with Gasteiger partial charge in [-0.2, -0.15) is 8.78 Å². The van der Waals surface area contributed by atoms with Gasteiger partial charge in [-0.3, -0.25) is 4.79 Å². The van der Waals surface area contributed by atoms with Crippen molar-refractivity contribution in [3.05, 3.63) is 59.7 Å². The second-order valence-corrected chi connectivity index (χ2v) is 4.76. The number of benzene rings is 2. The Morgan fingerprint density at radius 3 is 2.22 bits per heavy atom. The zero-order valence-corrected chi connectivity index (χ0v) is 12.8. The van der Waals surface area contributed by atoms with Crippen molar-refractivity contribution in [3.8, 4) is 11.5 Å². The molecule has 0 aliphatic heterocycles. The summed E-state index contributed by atoms with van der Waals surface area (Å²) < 4.78 is 35.7. The van der Waals surface area contributed by atoms with Crippen LogP contribution in [0.4, 0.5) is 8.78 Å². The van der Waals surface area contributed by atoms with Gasteiger partial charge in [0, 0.05) is 5.56 Å². The number of methoxy groups -OCH3 is 2. The lowest BCUT2D eigenvalue weighted by atomic mass is 9.97. The number of hydrogen-bond donors (Lipinski definition) is 1. The fourth-order valence-electron chi connectivity index (χ4n) is 2.25. The number of rotatable bonds is 6. The Hall–Kier alpha value is -2.63. The van der Waals surface area contributed by atoms with E-state index < -0.39 is 18.4 Å². The molecular weight excluding hydrogens is 304 g/mol. The Bertz CT molecular complexity index is 659. The second-order valence-electron chi connectivity index (χ2n) is 4.76. The average molecular weight is 321 g/mol. The molecule has 0 aliphatic rings. The molecule has 0 unspecified atom stereocenters. The SMILES string of the molecule is COc1ccc([C@H](NC(=O)C(F)F)c2ccccc2OC)cc1. The third-order valence-electron chi connectivity index (χ3n) is 3.38. The molecule has 23 heavy (non-hydrogen) atoms. The molecule has 0 aliphatic carbocycles. The van der Waals surface area contributed by atoms with Crippen molar-refractivity contribution in [3.63, 3.8) is 0 Å². The van der Waals surface area contributed by atoms with Crippen LogP contribution in [0.25, 0.3) is 0 Å². The smallest absolute Gasteiger partial charge is 0.315 e. The molecule has 2 aromatic carbocycles. The number of ether oxygens (including phenoxy) is 2. The maximum absolute atomic E-state index is 12.7. The number of amides is 1. The van der Waals surface area contributed by atoms with E-state index in [0.717, 1.165) is 0 Å². The highest BCUT2D eigenvalue weighted by molar-refractivity contribution is 5.80. The van der Waals surface area contributed by atoms with Crippen LogP contribution < -0.4 is 14.8 Å². The summed E-state index contributed by atoms with van der Waals surface area (Å²) in [6.45, 7) is 0. The molecule has 0 saturated heterocycles. The van der Waals surface area contributed by atoms with Crippen LogP contribution in [0.15, 0.2) is 48.5 Å². The third-order valence-corrected chi connectivity index (χ3v) is 3.38. The number of nitrogens with one attached hydrogen (secondary N) is 1. The standard InChI is InChI=1S/C17H17F2NO3/c1-22-12-9-7-11(8-10-12)15(20-17(21)16(18)19)13-5-3-4-6-14(13)23-2/h3-10,15-16H,1-2H3,(H,20,21)/t15-/m0/s1. The number of carbonyl (C=O) groups excluding carboxylic acids is 1. The topological polar surface area (TPSA) is 47.6 Å². The quantitative estimate of drug-likeness (QED) is 0.889. The van der Waals surface area contributed by atoms with E-state index in [2.05, 4.69) is 5.32 Å². The van der Waals surface area contributed by atoms with Crippen LogP contribution in [0.1, 0.15) is 17.2 Å². The van der Waals surface area contributed by atoms with Crippen molar-refractivity contribution in [1.82, 2.24) is 5.32 Å². The van der Waals surface area contributed by atoms with E-state index in [4.69, 9.17) is 9.47 Å². The van der Waals surface area contributed by atoms with Crippen LogP contribution in [0.2, 0.25) is 0 Å². The highest BCUT2D eigenvalue weighted by Crippen LogP contribution is 2.31. The molecule has 0 aromatic heterocycles. The molecule has 2 aromatic rings. The predicted molar refractivity (Wildman–Crippen MR) is 82.0 cm³/mol. The molecule has 6 heteroatoms. The van der Waals surface area contributed by atoms with Gasteiger partial charge >= 0.3 is 6.43 Å². The van der Waals surface area contributed by atoms with E-state index in [-0.39, 0.29) is 0 Å². The fraction of sp³-hybridized carbons (Fsp3) is 0.235. The summed E-state index contributed by atoms with van der Waals surface area (Å²) in [6, 6.07) is 13.0. The Labute approximate surface area is 133 Å². The summed E-state index contributed by atoms with van der Waals surface area (Å²) in [4.78, 5) is 11.5. The van der Waals surface area contributed by atoms with Gasteiger partial charge in [-0.25, -0.2) is 0 Å². The highest BCUT2D eigenvalue weighted by Gasteiger charge is 2.24. The molecule has 0 saturated carbocycles. The minimum Gasteiger partial charge on any atom is -0.497 e. The van der Waals surface area contributed by atoms with Crippen LogP contribution in [0.3, 0.4) is 0 Å². The molecule has 0 heterocycles. The fourth-order valence-corrected chi connectivity index (χ4v) is 2.25. The third kappa shape index (κ3) is 3.97. The van der Waals surface area contributed by atoms with Crippen molar-refractivity contribution < 1.29 is 23.0 Å². The lowest BCUT2D eigenvalue weighted by Gasteiger charge is -2.22. The Morgan fingerprint density at radius 1 is 1.00 bits per heavy atom. The summed E-state index contributed by atoms with van der Waals surface area (Å²) in [5, 5.41) is 2.35. The van der Waals surface area contributed by atoms with Crippen LogP contribution in [-0.4, -0.2) is 26.6 Å². The molecular formula is C17H17F2NO3. The van der Waals surface area contributed by atoms with Crippen LogP contribution in [-0.2, 0) is 4.79 Å². The maximum atomic E-state index is 12.7. The summed E-state index contributed by atoms with van der Waals surface area (Å²) in [5.74, 6) is -0.202. The molecule has 0 radical (unpaired) electrons. The summed E-state index contributed by atoms with van der Waals surface area (Å²) in [5.41, 5.74) is 1.23. The van der Waals surface area contributed by atoms with Crippen molar-refractivity contribution in [2.75, 3.05) is 14.2 Å². The lowest BCUT2D eigenvalue weighted by Crippen LogP contribution is -2.34. The molecule has 0 fully saturated rings. The van der Waals surface area contributed by atoms with Gasteiger partial charge in [-0.15, -0.1) is 0 Å². The molecule has 0 spiro atoms. The highest BCUT2D eigenvalue weighted by atomic mass is 19.3. The minimum atomic E-state index is -3.09. The van der Waals surface area contributed by atoms with Gasteiger partial charge in [0.25, 0.3) is 5.91 Å². The lowest BCUT2D eigenvalue weighted by molar-refractivity contribution is -0.132. The van der Waals surface area contributed by atoms with Gasteiger partial charge < -0.3 is 14.8 Å². The normalized spacial score (nSPS) is 11.9. The Balaban J connectivity index is 2.43. The number of hydrogen-bond acceptors (Lipinski definition) is 3. The van der Waals surface area contributed by atoms with Crippen LogP contribution >= 0.6 is 0 Å². The number of para-hydroxylation sites is 1. The summed E-state index contributed by atoms with van der Waals surface area (Å²) in [6.07, 6.45) is -3.09. The monoisotopic (exact) mass is 321 g/mol. The first-order chi connectivity index (χ1) is 11.1. The van der Waals surface area contributed by atoms with Gasteiger partial charge in [0.1, 0.15) is 11.5 Å². The van der Waals surface area contributed by atoms with Crippen molar-refractivity contribution >= 4 is 5.91 Å². The maximum Gasteiger partial charge on any atom is 0.315 e. The molecule has 1 N–H and O–H groups in total. The Kier molecular flexibility index (Phi) is 5.51. The minimum absolute atomic E-state index is 0.503. The zero-order chi connectivity index (χ0) is 16.8. The molecule has 4 nitrogen and oxygen atoms in total. The number of carbonyl (C=O) groups is 1. The van der Waals surface area contributed by atoms with Crippen LogP contribution in [0.5, 0.6) is 11.5 Å². The number of alkyl halides is 2. The van der Waals surface area contributed by atoms with Gasteiger partial charge in [-0.1, -0.05) is 30.3 Å². The van der Waals surface area contributed by atoms with E-state index in [0.29, 0.717) is 22.6 Å². The van der Waals surface area contributed by atoms with Gasteiger partial charge in [0.15, 0.2) is 0 Å². The van der Waals surface area contributed by atoms with E-state index in [1.165, 1.54) is 14.2 Å². The van der Waals surface area contributed by atoms with Crippen molar-refractivity contribution in [2.24, 2.45) is 0 Å². The molecule has 0 bridgehead atoms. The van der Waals surface area contributed by atoms with E-state index >= 15 is 0 Å². The van der Waals surface area contributed by atoms with E-state index in [9.17, 15) is 13.6 Å².